The van der Waals surface area contributed by atoms with Crippen molar-refractivity contribution in [2.24, 2.45) is 5.92 Å². The second kappa shape index (κ2) is 8.73. The Balaban J connectivity index is 1.61. The summed E-state index contributed by atoms with van der Waals surface area (Å²) in [7, 11) is 0. The number of carbonyl (C=O) groups excluding carboxylic acids is 1. The van der Waals surface area contributed by atoms with Crippen molar-refractivity contribution < 1.29 is 28.9 Å². The zero-order chi connectivity index (χ0) is 22.9. The van der Waals surface area contributed by atoms with E-state index in [0.29, 0.717) is 49.8 Å². The zero-order valence-electron chi connectivity index (χ0n) is 18.7. The molecule has 2 aromatic rings. The standard InChI is InChI=1S/C25H29NO6/c1-4-30-20-11-10-16(14-21(20)31-5-2)12-13-26-23(27)22(24(28)29)18-15-25(26,3)32-19-9-7-6-8-17(18)19/h6-11,14,18,22H,4-5,12-13,15H2,1-3H3,(H,28,29)/t18-,22+,25+/m0/s1. The first-order valence-electron chi connectivity index (χ1n) is 11.1. The molecule has 4 rings (SSSR count). The number of hydrogen-bond acceptors (Lipinski definition) is 5. The molecule has 170 valence electrons. The molecule has 2 aliphatic rings. The van der Waals surface area contributed by atoms with E-state index >= 15 is 0 Å². The van der Waals surface area contributed by atoms with Crippen molar-refractivity contribution in [3.05, 3.63) is 53.6 Å². The third-order valence-corrected chi connectivity index (χ3v) is 6.25. The first kappa shape index (κ1) is 22.0. The van der Waals surface area contributed by atoms with Crippen molar-refractivity contribution in [1.82, 2.24) is 4.90 Å². The summed E-state index contributed by atoms with van der Waals surface area (Å²) < 4.78 is 17.6. The van der Waals surface area contributed by atoms with Gasteiger partial charge < -0.3 is 24.2 Å². The van der Waals surface area contributed by atoms with Gasteiger partial charge in [0.2, 0.25) is 5.91 Å². The van der Waals surface area contributed by atoms with Crippen LogP contribution in [0.4, 0.5) is 0 Å². The zero-order valence-corrected chi connectivity index (χ0v) is 18.7. The summed E-state index contributed by atoms with van der Waals surface area (Å²) in [6.45, 7) is 7.10. The number of piperidine rings is 1. The average molecular weight is 440 g/mol. The van der Waals surface area contributed by atoms with Gasteiger partial charge in [-0.1, -0.05) is 24.3 Å². The van der Waals surface area contributed by atoms with Crippen LogP contribution in [-0.4, -0.2) is 47.4 Å². The fraction of sp³-hybridized carbons (Fsp3) is 0.440. The minimum Gasteiger partial charge on any atom is -0.490 e. The van der Waals surface area contributed by atoms with Gasteiger partial charge in [0.25, 0.3) is 0 Å². The number of carboxylic acids is 1. The Hall–Kier alpha value is -3.22. The maximum absolute atomic E-state index is 13.3. The van der Waals surface area contributed by atoms with Crippen molar-refractivity contribution in [2.45, 2.75) is 45.3 Å². The van der Waals surface area contributed by atoms with E-state index in [0.717, 1.165) is 11.1 Å². The van der Waals surface area contributed by atoms with E-state index in [9.17, 15) is 14.7 Å². The highest BCUT2D eigenvalue weighted by Gasteiger charge is 2.56. The number of benzene rings is 2. The molecule has 7 nitrogen and oxygen atoms in total. The second-order valence-corrected chi connectivity index (χ2v) is 8.33. The molecule has 32 heavy (non-hydrogen) atoms. The third-order valence-electron chi connectivity index (χ3n) is 6.25. The average Bonchev–Trinajstić information content (AvgIpc) is 2.75. The van der Waals surface area contributed by atoms with Crippen LogP contribution in [0.1, 0.15) is 44.2 Å². The number of aliphatic carboxylic acids is 1. The molecule has 2 heterocycles. The van der Waals surface area contributed by atoms with Crippen molar-refractivity contribution in [3.8, 4) is 17.2 Å². The molecule has 2 aromatic carbocycles. The molecule has 0 aliphatic carbocycles. The van der Waals surface area contributed by atoms with Crippen LogP contribution in [0.15, 0.2) is 42.5 Å². The molecule has 3 atom stereocenters. The monoisotopic (exact) mass is 439 g/mol. The van der Waals surface area contributed by atoms with Crippen molar-refractivity contribution in [2.75, 3.05) is 19.8 Å². The maximum Gasteiger partial charge on any atom is 0.316 e. The van der Waals surface area contributed by atoms with Gasteiger partial charge in [-0.25, -0.2) is 0 Å². The highest BCUT2D eigenvalue weighted by molar-refractivity contribution is 5.99. The highest BCUT2D eigenvalue weighted by atomic mass is 16.5. The number of hydrogen-bond donors (Lipinski definition) is 1. The second-order valence-electron chi connectivity index (χ2n) is 8.33. The molecule has 0 radical (unpaired) electrons. The van der Waals surface area contributed by atoms with Gasteiger partial charge in [0.05, 0.1) is 13.2 Å². The Kier molecular flexibility index (Phi) is 6.00. The number of ether oxygens (including phenoxy) is 3. The molecule has 2 aliphatic heterocycles. The first-order valence-corrected chi connectivity index (χ1v) is 11.1. The number of para-hydroxylation sites is 1. The van der Waals surface area contributed by atoms with Crippen LogP contribution in [0.3, 0.4) is 0 Å². The van der Waals surface area contributed by atoms with E-state index in [1.165, 1.54) is 0 Å². The molecule has 1 N–H and O–H groups in total. The van der Waals surface area contributed by atoms with Crippen molar-refractivity contribution >= 4 is 11.9 Å². The van der Waals surface area contributed by atoms with E-state index in [1.54, 1.807) is 4.90 Å². The quantitative estimate of drug-likeness (QED) is 0.629. The van der Waals surface area contributed by atoms with E-state index in [1.807, 2.05) is 63.2 Å². The van der Waals surface area contributed by atoms with E-state index in [-0.39, 0.29) is 0 Å². The molecule has 0 spiro atoms. The number of amides is 1. The number of nitrogens with zero attached hydrogens (tertiary/aromatic N) is 1. The molecule has 1 amide bonds. The Morgan fingerprint density at radius 1 is 1.16 bits per heavy atom. The smallest absolute Gasteiger partial charge is 0.316 e. The van der Waals surface area contributed by atoms with E-state index in [4.69, 9.17) is 14.2 Å². The van der Waals surface area contributed by atoms with Crippen molar-refractivity contribution in [1.29, 1.82) is 0 Å². The lowest BCUT2D eigenvalue weighted by molar-refractivity contribution is -0.180. The number of carbonyl (C=O) groups is 2. The van der Waals surface area contributed by atoms with Gasteiger partial charge in [0.15, 0.2) is 17.2 Å². The van der Waals surface area contributed by atoms with Gasteiger partial charge in [0.1, 0.15) is 11.7 Å². The molecule has 0 unspecified atom stereocenters. The van der Waals surface area contributed by atoms with Gasteiger partial charge in [-0.15, -0.1) is 0 Å². The van der Waals surface area contributed by atoms with Gasteiger partial charge in [0, 0.05) is 18.9 Å². The van der Waals surface area contributed by atoms with Crippen LogP contribution < -0.4 is 14.2 Å². The highest BCUT2D eigenvalue weighted by Crippen LogP contribution is 2.50. The number of fused-ring (bicyclic) bond motifs is 4. The molecular formula is C25H29NO6. The predicted molar refractivity (Wildman–Crippen MR) is 118 cm³/mol. The summed E-state index contributed by atoms with van der Waals surface area (Å²) in [6.07, 6.45) is 0.982. The van der Waals surface area contributed by atoms with Gasteiger partial charge in [-0.2, -0.15) is 0 Å². The lowest BCUT2D eigenvalue weighted by Gasteiger charge is -2.52. The van der Waals surface area contributed by atoms with E-state index in [2.05, 4.69) is 0 Å². The predicted octanol–water partition coefficient (Wildman–Crippen LogP) is 3.85. The molecule has 0 aromatic heterocycles. The Morgan fingerprint density at radius 2 is 1.88 bits per heavy atom. The fourth-order valence-electron chi connectivity index (χ4n) is 4.83. The summed E-state index contributed by atoms with van der Waals surface area (Å²) in [4.78, 5) is 27.0. The topological polar surface area (TPSA) is 85.3 Å². The maximum atomic E-state index is 13.3. The van der Waals surface area contributed by atoms with Crippen LogP contribution >= 0.6 is 0 Å². The van der Waals surface area contributed by atoms with Crippen LogP contribution in [0, 0.1) is 5.92 Å². The third kappa shape index (κ3) is 3.87. The fourth-order valence-corrected chi connectivity index (χ4v) is 4.83. The minimum absolute atomic E-state index is 0.341. The lowest BCUT2D eigenvalue weighted by atomic mass is 9.73. The Labute approximate surface area is 187 Å². The summed E-state index contributed by atoms with van der Waals surface area (Å²) in [5.41, 5.74) is 0.868. The first-order chi connectivity index (χ1) is 15.4. The van der Waals surface area contributed by atoms with Crippen LogP contribution in [-0.2, 0) is 16.0 Å². The molecule has 1 fully saturated rings. The minimum atomic E-state index is -1.12. The molecular weight excluding hydrogens is 410 g/mol. The van der Waals surface area contributed by atoms with Crippen LogP contribution in [0.2, 0.25) is 0 Å². The Morgan fingerprint density at radius 3 is 2.59 bits per heavy atom. The van der Waals surface area contributed by atoms with Crippen LogP contribution in [0.25, 0.3) is 0 Å². The molecule has 7 heteroatoms. The molecule has 0 saturated carbocycles. The number of carboxylic acid groups (broad SMARTS) is 1. The van der Waals surface area contributed by atoms with Gasteiger partial charge >= 0.3 is 5.97 Å². The van der Waals surface area contributed by atoms with Gasteiger partial charge in [-0.05, 0) is 56.5 Å². The molecule has 2 bridgehead atoms. The SMILES string of the molecule is CCOc1ccc(CCN2C(=O)[C@H](C(=O)O)[C@H]3C[C@@]2(C)Oc2ccccc23)cc1OCC. The van der Waals surface area contributed by atoms with Gasteiger partial charge in [-0.3, -0.25) is 9.59 Å². The van der Waals surface area contributed by atoms with E-state index < -0.39 is 29.4 Å². The number of likely N-dealkylation sites (tertiary alicyclic amines) is 1. The summed E-state index contributed by atoms with van der Waals surface area (Å²) >= 11 is 0. The largest absolute Gasteiger partial charge is 0.490 e. The normalized spacial score (nSPS) is 23.8. The summed E-state index contributed by atoms with van der Waals surface area (Å²) in [5, 5.41) is 9.89. The summed E-state index contributed by atoms with van der Waals surface area (Å²) in [5.74, 6) is -1.02. The van der Waals surface area contributed by atoms with Crippen LogP contribution in [0.5, 0.6) is 17.2 Å². The molecule has 1 saturated heterocycles. The van der Waals surface area contributed by atoms with Crippen molar-refractivity contribution in [3.63, 3.8) is 0 Å². The number of rotatable bonds is 8. The lowest BCUT2D eigenvalue weighted by Crippen LogP contribution is -2.64. The summed E-state index contributed by atoms with van der Waals surface area (Å²) in [6, 6.07) is 13.1. The Bertz CT molecular complexity index is 1020.